The van der Waals surface area contributed by atoms with Crippen LogP contribution in [0.4, 0.5) is 5.69 Å². The first-order chi connectivity index (χ1) is 16.4. The summed E-state index contributed by atoms with van der Waals surface area (Å²) in [6, 6.07) is 13.9. The zero-order valence-electron chi connectivity index (χ0n) is 18.3. The first-order valence-corrected chi connectivity index (χ1v) is 10.9. The lowest BCUT2D eigenvalue weighted by Gasteiger charge is -2.18. The number of benzene rings is 3. The summed E-state index contributed by atoms with van der Waals surface area (Å²) in [6.45, 7) is 1.22. The number of aromatic carboxylic acids is 1. The third-order valence-electron chi connectivity index (χ3n) is 5.26. The van der Waals surface area contributed by atoms with Gasteiger partial charge < -0.3 is 30.0 Å². The van der Waals surface area contributed by atoms with Crippen molar-refractivity contribution >= 4 is 40.0 Å². The molecule has 1 heterocycles. The number of fused-ring (bicyclic) bond motifs is 2. The van der Waals surface area contributed by atoms with Crippen LogP contribution < -0.4 is 16.1 Å². The molecule has 0 amide bonds. The van der Waals surface area contributed by atoms with Crippen LogP contribution in [-0.4, -0.2) is 41.6 Å². The lowest BCUT2D eigenvalue weighted by atomic mass is 9.90. The highest BCUT2D eigenvalue weighted by atomic mass is 32.1. The van der Waals surface area contributed by atoms with E-state index in [9.17, 15) is 19.8 Å². The van der Waals surface area contributed by atoms with Crippen molar-refractivity contribution in [1.29, 1.82) is 0 Å². The van der Waals surface area contributed by atoms with Gasteiger partial charge in [-0.05, 0) is 60.6 Å². The van der Waals surface area contributed by atoms with Crippen molar-refractivity contribution in [3.05, 3.63) is 70.4 Å². The molecule has 0 unspecified atom stereocenters. The van der Waals surface area contributed by atoms with E-state index in [4.69, 9.17) is 21.4 Å². The number of thiocarbonyl (C=S) groups is 1. The molecule has 2 aliphatic rings. The molecule has 9 heteroatoms. The molecule has 8 nitrogen and oxygen atoms in total. The van der Waals surface area contributed by atoms with E-state index in [0.717, 1.165) is 6.42 Å². The van der Waals surface area contributed by atoms with Gasteiger partial charge in [0.15, 0.2) is 10.5 Å². The number of nitrogens with one attached hydrogen (secondary N) is 2. The molecule has 0 saturated carbocycles. The van der Waals surface area contributed by atoms with E-state index < -0.39 is 5.97 Å². The van der Waals surface area contributed by atoms with Crippen molar-refractivity contribution < 1.29 is 24.2 Å². The summed E-state index contributed by atoms with van der Waals surface area (Å²) in [5, 5.41) is 27.0. The number of phenolic OH excluding ortho intramolecular Hbond substituents is 1. The molecule has 0 aromatic heterocycles. The Hall–Kier alpha value is -3.95. The fourth-order valence-corrected chi connectivity index (χ4v) is 3.98. The highest BCUT2D eigenvalue weighted by Gasteiger charge is 2.22. The van der Waals surface area contributed by atoms with Crippen molar-refractivity contribution in [2.24, 2.45) is 0 Å². The number of rotatable bonds is 7. The molecule has 0 atom stereocenters. The summed E-state index contributed by atoms with van der Waals surface area (Å²) in [7, 11) is 1.63. The molecule has 2 aromatic rings. The van der Waals surface area contributed by atoms with Gasteiger partial charge in [0.05, 0.1) is 5.56 Å². The van der Waals surface area contributed by atoms with Crippen molar-refractivity contribution in [2.75, 3.05) is 25.6 Å². The Kier molecular flexibility index (Phi) is 6.76. The maximum atomic E-state index is 12.3. The van der Waals surface area contributed by atoms with Gasteiger partial charge in [-0.25, -0.2) is 4.79 Å². The lowest BCUT2D eigenvalue weighted by Crippen LogP contribution is -2.29. The molecule has 4 rings (SSSR count). The highest BCUT2D eigenvalue weighted by molar-refractivity contribution is 7.80. The minimum atomic E-state index is -1.13. The third-order valence-corrected chi connectivity index (χ3v) is 5.51. The number of carboxylic acids is 1. The normalized spacial score (nSPS) is 11.0. The Morgan fingerprint density at radius 1 is 1.09 bits per heavy atom. The molecule has 1 aliphatic heterocycles. The number of carbonyl (C=O) groups is 1. The number of aromatic hydroxyl groups is 1. The van der Waals surface area contributed by atoms with E-state index in [0.29, 0.717) is 57.4 Å². The zero-order chi connectivity index (χ0) is 24.2. The minimum absolute atomic E-state index is 0.00987. The number of phenols is 1. The van der Waals surface area contributed by atoms with E-state index in [1.54, 1.807) is 31.4 Å². The Morgan fingerprint density at radius 3 is 2.65 bits per heavy atom. The quantitative estimate of drug-likeness (QED) is 0.175. The van der Waals surface area contributed by atoms with Crippen LogP contribution in [0.5, 0.6) is 5.75 Å². The molecule has 0 saturated heterocycles. The number of hydrogen-bond acceptors (Lipinski definition) is 6. The molecule has 0 bridgehead atoms. The van der Waals surface area contributed by atoms with Crippen LogP contribution >= 0.6 is 12.2 Å². The van der Waals surface area contributed by atoms with Crippen LogP contribution in [0.3, 0.4) is 0 Å². The molecule has 174 valence electrons. The molecule has 0 fully saturated rings. The van der Waals surface area contributed by atoms with E-state index in [2.05, 4.69) is 10.6 Å². The number of anilines is 1. The van der Waals surface area contributed by atoms with Gasteiger partial charge in [-0.15, -0.1) is 0 Å². The van der Waals surface area contributed by atoms with Gasteiger partial charge in [0.1, 0.15) is 17.1 Å². The van der Waals surface area contributed by atoms with Crippen LogP contribution in [0.2, 0.25) is 0 Å². The van der Waals surface area contributed by atoms with Crippen LogP contribution in [0, 0.1) is 0 Å². The molecule has 2 aromatic carbocycles. The van der Waals surface area contributed by atoms with E-state index >= 15 is 0 Å². The third kappa shape index (κ3) is 4.85. The van der Waals surface area contributed by atoms with Gasteiger partial charge in [0.25, 0.3) is 0 Å². The SMILES string of the molecule is COCCCNC(=S)Nc1ccc(-c2c3ccc(=O)cc-3oc3cc(O)ccc23)c(C(=O)O)c1. The van der Waals surface area contributed by atoms with Crippen LogP contribution in [-0.2, 0) is 4.74 Å². The maximum absolute atomic E-state index is 12.3. The van der Waals surface area contributed by atoms with Crippen molar-refractivity contribution in [3.63, 3.8) is 0 Å². The molecular formula is C25H22N2O6S. The van der Waals surface area contributed by atoms with E-state index in [1.807, 2.05) is 0 Å². The molecule has 0 spiro atoms. The lowest BCUT2D eigenvalue weighted by molar-refractivity contribution is 0.0697. The summed E-state index contributed by atoms with van der Waals surface area (Å²) >= 11 is 5.30. The molecular weight excluding hydrogens is 456 g/mol. The summed E-state index contributed by atoms with van der Waals surface area (Å²) in [5.41, 5.74) is 2.24. The predicted molar refractivity (Wildman–Crippen MR) is 134 cm³/mol. The molecule has 4 N–H and O–H groups in total. The van der Waals surface area contributed by atoms with Gasteiger partial charge in [0, 0.05) is 54.6 Å². The number of carboxylic acid groups (broad SMARTS) is 1. The summed E-state index contributed by atoms with van der Waals surface area (Å²) in [5.74, 6) is -0.844. The fraction of sp³-hybridized carbons (Fsp3) is 0.160. The first kappa shape index (κ1) is 23.2. The molecule has 34 heavy (non-hydrogen) atoms. The van der Waals surface area contributed by atoms with Crippen LogP contribution in [0.15, 0.2) is 63.8 Å². The fourth-order valence-electron chi connectivity index (χ4n) is 3.76. The number of methoxy groups -OCH3 is 1. The average molecular weight is 479 g/mol. The van der Waals surface area contributed by atoms with Gasteiger partial charge in [-0.3, -0.25) is 4.79 Å². The van der Waals surface area contributed by atoms with Gasteiger partial charge in [-0.1, -0.05) is 6.07 Å². The van der Waals surface area contributed by atoms with Crippen LogP contribution in [0.1, 0.15) is 16.8 Å². The predicted octanol–water partition coefficient (Wildman–Crippen LogP) is 4.29. The summed E-state index contributed by atoms with van der Waals surface area (Å²) in [4.78, 5) is 24.2. The largest absolute Gasteiger partial charge is 0.508 e. The molecule has 1 aliphatic carbocycles. The monoisotopic (exact) mass is 478 g/mol. The second-order valence-corrected chi connectivity index (χ2v) is 8.02. The van der Waals surface area contributed by atoms with E-state index in [1.165, 1.54) is 30.3 Å². The highest BCUT2D eigenvalue weighted by Crippen LogP contribution is 2.42. The number of ether oxygens (including phenoxy) is 1. The summed E-state index contributed by atoms with van der Waals surface area (Å²) in [6.07, 6.45) is 0.775. The van der Waals surface area contributed by atoms with Crippen molar-refractivity contribution in [2.45, 2.75) is 6.42 Å². The Balaban J connectivity index is 1.81. The second kappa shape index (κ2) is 9.90. The van der Waals surface area contributed by atoms with Crippen molar-refractivity contribution in [1.82, 2.24) is 5.32 Å². The molecule has 0 radical (unpaired) electrons. The Labute approximate surface area is 200 Å². The number of hydrogen-bond donors (Lipinski definition) is 4. The van der Waals surface area contributed by atoms with Crippen LogP contribution in [0.25, 0.3) is 33.4 Å². The second-order valence-electron chi connectivity index (χ2n) is 7.61. The Bertz CT molecular complexity index is 1410. The van der Waals surface area contributed by atoms with Crippen molar-refractivity contribution in [3.8, 4) is 28.2 Å². The topological polar surface area (TPSA) is 121 Å². The first-order valence-electron chi connectivity index (χ1n) is 10.5. The minimum Gasteiger partial charge on any atom is -0.508 e. The standard InChI is InChI=1S/C25H22N2O6S/c1-32-10-2-9-26-25(34)27-14-3-6-17(20(11-14)24(30)31)23-18-7-4-15(28)12-21(18)33-22-13-16(29)5-8-19(22)23/h3-8,11-13,28H,2,9-10H2,1H3,(H,30,31)(H2,26,27,34). The summed E-state index contributed by atoms with van der Waals surface area (Å²) < 4.78 is 10.9. The van der Waals surface area contributed by atoms with E-state index in [-0.39, 0.29) is 16.7 Å². The maximum Gasteiger partial charge on any atom is 0.336 e. The Morgan fingerprint density at radius 2 is 1.88 bits per heavy atom. The average Bonchev–Trinajstić information content (AvgIpc) is 2.80. The zero-order valence-corrected chi connectivity index (χ0v) is 19.1. The van der Waals surface area contributed by atoms with Gasteiger partial charge in [0.2, 0.25) is 0 Å². The smallest absolute Gasteiger partial charge is 0.336 e. The van der Waals surface area contributed by atoms with Gasteiger partial charge >= 0.3 is 5.97 Å². The van der Waals surface area contributed by atoms with Gasteiger partial charge in [-0.2, -0.15) is 0 Å².